The lowest BCUT2D eigenvalue weighted by atomic mass is 10.1. The van der Waals surface area contributed by atoms with Gasteiger partial charge in [0.05, 0.1) is 11.9 Å². The lowest BCUT2D eigenvalue weighted by Gasteiger charge is -2.11. The van der Waals surface area contributed by atoms with E-state index in [-0.39, 0.29) is 11.9 Å². The molecule has 0 radical (unpaired) electrons. The summed E-state index contributed by atoms with van der Waals surface area (Å²) >= 11 is 1.67. The Morgan fingerprint density at radius 3 is 3.11 bits per heavy atom. The first-order chi connectivity index (χ1) is 9.24. The fraction of sp³-hybridized carbons (Fsp3) is 0.214. The minimum atomic E-state index is -0.117. The van der Waals surface area contributed by atoms with Crippen molar-refractivity contribution in [2.45, 2.75) is 19.4 Å². The van der Waals surface area contributed by atoms with Crippen LogP contribution in [0.4, 0.5) is 0 Å². The molecule has 0 aliphatic rings. The summed E-state index contributed by atoms with van der Waals surface area (Å²) < 4.78 is 0. The van der Waals surface area contributed by atoms with E-state index in [1.54, 1.807) is 36.0 Å². The maximum Gasteiger partial charge on any atom is 0.244 e. The summed E-state index contributed by atoms with van der Waals surface area (Å²) in [5.41, 5.74) is 1.92. The number of hydrogen-bond acceptors (Lipinski definition) is 4. The second kappa shape index (κ2) is 6.80. The third-order valence-electron chi connectivity index (χ3n) is 2.50. The molecule has 0 bridgehead atoms. The quantitative estimate of drug-likeness (QED) is 0.850. The van der Waals surface area contributed by atoms with Crippen LogP contribution < -0.4 is 5.32 Å². The van der Waals surface area contributed by atoms with E-state index in [4.69, 9.17) is 0 Å². The molecular formula is C14H15N3OS. The normalized spacial score (nSPS) is 12.5. The van der Waals surface area contributed by atoms with Crippen molar-refractivity contribution in [2.75, 3.05) is 0 Å². The lowest BCUT2D eigenvalue weighted by Crippen LogP contribution is -2.32. The van der Waals surface area contributed by atoms with Crippen LogP contribution in [0, 0.1) is 0 Å². The van der Waals surface area contributed by atoms with Crippen LogP contribution in [-0.4, -0.2) is 21.9 Å². The average molecular weight is 273 g/mol. The Morgan fingerprint density at radius 2 is 2.42 bits per heavy atom. The highest BCUT2D eigenvalue weighted by Gasteiger charge is 2.06. The van der Waals surface area contributed by atoms with Gasteiger partial charge >= 0.3 is 0 Å². The molecule has 2 rings (SSSR count). The monoisotopic (exact) mass is 273 g/mol. The zero-order valence-electron chi connectivity index (χ0n) is 10.6. The number of nitrogens with zero attached hydrogens (tertiary/aromatic N) is 2. The van der Waals surface area contributed by atoms with Crippen LogP contribution in [0.1, 0.15) is 18.2 Å². The van der Waals surface area contributed by atoms with E-state index in [1.807, 2.05) is 12.3 Å². The van der Waals surface area contributed by atoms with Gasteiger partial charge in [-0.2, -0.15) is 11.3 Å². The van der Waals surface area contributed by atoms with E-state index in [2.05, 4.69) is 26.7 Å². The summed E-state index contributed by atoms with van der Waals surface area (Å²) in [6.07, 6.45) is 8.78. The number of carbonyl (C=O) groups excluding carboxylic acids is 1. The zero-order chi connectivity index (χ0) is 13.5. The number of thiophene rings is 1. The van der Waals surface area contributed by atoms with Gasteiger partial charge in [-0.1, -0.05) is 0 Å². The first kappa shape index (κ1) is 13.4. The Bertz CT molecular complexity index is 537. The molecular weight excluding hydrogens is 258 g/mol. The van der Waals surface area contributed by atoms with E-state index in [9.17, 15) is 4.79 Å². The summed E-state index contributed by atoms with van der Waals surface area (Å²) in [5, 5.41) is 7.05. The van der Waals surface area contributed by atoms with Gasteiger partial charge in [-0.25, -0.2) is 0 Å². The van der Waals surface area contributed by atoms with Crippen LogP contribution >= 0.6 is 11.3 Å². The molecule has 98 valence electrons. The summed E-state index contributed by atoms with van der Waals surface area (Å²) in [6.45, 7) is 1.99. The van der Waals surface area contributed by atoms with Crippen molar-refractivity contribution in [2.24, 2.45) is 0 Å². The Morgan fingerprint density at radius 1 is 1.53 bits per heavy atom. The molecule has 19 heavy (non-hydrogen) atoms. The highest BCUT2D eigenvalue weighted by Crippen LogP contribution is 2.08. The predicted octanol–water partition coefficient (Wildman–Crippen LogP) is 2.30. The molecule has 5 heteroatoms. The van der Waals surface area contributed by atoms with Crippen LogP contribution in [-0.2, 0) is 11.2 Å². The van der Waals surface area contributed by atoms with Crippen LogP contribution in [0.25, 0.3) is 6.08 Å². The highest BCUT2D eigenvalue weighted by molar-refractivity contribution is 7.07. The molecule has 2 aromatic rings. The SMILES string of the molecule is CC(Cc1ccsc1)NC(=O)/C=C/c1cnccn1. The van der Waals surface area contributed by atoms with Gasteiger partial charge in [0.25, 0.3) is 0 Å². The van der Waals surface area contributed by atoms with Crippen LogP contribution in [0.3, 0.4) is 0 Å². The van der Waals surface area contributed by atoms with Crippen molar-refractivity contribution in [3.05, 3.63) is 52.8 Å². The van der Waals surface area contributed by atoms with Crippen molar-refractivity contribution < 1.29 is 4.79 Å². The van der Waals surface area contributed by atoms with Crippen molar-refractivity contribution >= 4 is 23.3 Å². The third kappa shape index (κ3) is 4.63. The molecule has 0 spiro atoms. The molecule has 1 unspecified atom stereocenters. The summed E-state index contributed by atoms with van der Waals surface area (Å²) in [4.78, 5) is 19.7. The number of hydrogen-bond donors (Lipinski definition) is 1. The summed E-state index contributed by atoms with van der Waals surface area (Å²) in [7, 11) is 0. The van der Waals surface area contributed by atoms with Crippen LogP contribution in [0.15, 0.2) is 41.5 Å². The first-order valence-corrected chi connectivity index (χ1v) is 6.94. The molecule has 2 heterocycles. The molecule has 4 nitrogen and oxygen atoms in total. The van der Waals surface area contributed by atoms with Gasteiger partial charge in [0.15, 0.2) is 0 Å². The van der Waals surface area contributed by atoms with Gasteiger partial charge in [0, 0.05) is 24.5 Å². The Labute approximate surface area is 116 Å². The van der Waals surface area contributed by atoms with E-state index in [0.717, 1.165) is 6.42 Å². The smallest absolute Gasteiger partial charge is 0.244 e. The lowest BCUT2D eigenvalue weighted by molar-refractivity contribution is -0.117. The number of amides is 1. The van der Waals surface area contributed by atoms with Gasteiger partial charge in [-0.15, -0.1) is 0 Å². The summed E-state index contributed by atoms with van der Waals surface area (Å²) in [6, 6.07) is 2.18. The van der Waals surface area contributed by atoms with Gasteiger partial charge < -0.3 is 5.32 Å². The third-order valence-corrected chi connectivity index (χ3v) is 3.23. The fourth-order valence-corrected chi connectivity index (χ4v) is 2.34. The fourth-order valence-electron chi connectivity index (χ4n) is 1.66. The molecule has 0 aliphatic heterocycles. The molecule has 1 amide bonds. The van der Waals surface area contributed by atoms with E-state index < -0.39 is 0 Å². The topological polar surface area (TPSA) is 54.9 Å². The molecule has 0 fully saturated rings. The Kier molecular flexibility index (Phi) is 4.80. The van der Waals surface area contributed by atoms with Crippen molar-refractivity contribution in [1.29, 1.82) is 0 Å². The summed E-state index contributed by atoms with van der Waals surface area (Å²) in [5.74, 6) is -0.117. The number of carbonyl (C=O) groups is 1. The minimum absolute atomic E-state index is 0.105. The van der Waals surface area contributed by atoms with Gasteiger partial charge in [-0.05, 0) is 41.8 Å². The zero-order valence-corrected chi connectivity index (χ0v) is 11.4. The molecule has 1 atom stereocenters. The molecule has 0 saturated heterocycles. The Balaban J connectivity index is 1.82. The van der Waals surface area contributed by atoms with E-state index in [1.165, 1.54) is 11.6 Å². The maximum absolute atomic E-state index is 11.7. The van der Waals surface area contributed by atoms with Gasteiger partial charge in [-0.3, -0.25) is 14.8 Å². The maximum atomic E-state index is 11.7. The molecule has 0 aliphatic carbocycles. The predicted molar refractivity (Wildman–Crippen MR) is 76.7 cm³/mol. The van der Waals surface area contributed by atoms with Gasteiger partial charge in [0.2, 0.25) is 5.91 Å². The van der Waals surface area contributed by atoms with Gasteiger partial charge in [0.1, 0.15) is 0 Å². The number of rotatable bonds is 5. The molecule has 0 aromatic carbocycles. The minimum Gasteiger partial charge on any atom is -0.350 e. The van der Waals surface area contributed by atoms with E-state index in [0.29, 0.717) is 5.69 Å². The van der Waals surface area contributed by atoms with Crippen molar-refractivity contribution in [3.63, 3.8) is 0 Å². The van der Waals surface area contributed by atoms with Crippen molar-refractivity contribution in [3.8, 4) is 0 Å². The first-order valence-electron chi connectivity index (χ1n) is 5.99. The number of aromatic nitrogens is 2. The van der Waals surface area contributed by atoms with Crippen molar-refractivity contribution in [1.82, 2.24) is 15.3 Å². The van der Waals surface area contributed by atoms with Crippen LogP contribution in [0.5, 0.6) is 0 Å². The average Bonchev–Trinajstić information content (AvgIpc) is 2.90. The van der Waals surface area contributed by atoms with Crippen LogP contribution in [0.2, 0.25) is 0 Å². The molecule has 0 saturated carbocycles. The second-order valence-corrected chi connectivity index (χ2v) is 4.99. The second-order valence-electron chi connectivity index (χ2n) is 4.21. The molecule has 2 aromatic heterocycles. The highest BCUT2D eigenvalue weighted by atomic mass is 32.1. The standard InChI is InChI=1S/C14H15N3OS/c1-11(8-12-4-7-19-10-12)17-14(18)3-2-13-9-15-5-6-16-13/h2-7,9-11H,8H2,1H3,(H,17,18)/b3-2+. The Hall–Kier alpha value is -2.01. The number of nitrogens with one attached hydrogen (secondary N) is 1. The van der Waals surface area contributed by atoms with E-state index >= 15 is 0 Å². The molecule has 1 N–H and O–H groups in total. The largest absolute Gasteiger partial charge is 0.350 e.